The van der Waals surface area contributed by atoms with Crippen LogP contribution >= 0.6 is 12.4 Å². The molecule has 0 unspecified atom stereocenters. The molecule has 0 bridgehead atoms. The van der Waals surface area contributed by atoms with Crippen molar-refractivity contribution in [2.45, 2.75) is 18.4 Å². The highest BCUT2D eigenvalue weighted by molar-refractivity contribution is 5.98. The van der Waals surface area contributed by atoms with Crippen LogP contribution in [0.2, 0.25) is 0 Å². The van der Waals surface area contributed by atoms with Crippen LogP contribution in [-0.2, 0) is 9.53 Å². The third kappa shape index (κ3) is 3.55. The lowest BCUT2D eigenvalue weighted by Crippen LogP contribution is -2.51. The van der Waals surface area contributed by atoms with E-state index < -0.39 is 11.2 Å². The maximum Gasteiger partial charge on any atom is 0.336 e. The van der Waals surface area contributed by atoms with E-state index in [0.29, 0.717) is 24.1 Å². The summed E-state index contributed by atoms with van der Waals surface area (Å²) in [5.74, 6) is -0.145. The number of halogens is 1. The van der Waals surface area contributed by atoms with Crippen LogP contribution in [0.3, 0.4) is 0 Å². The highest BCUT2D eigenvalue weighted by atomic mass is 35.5. The molecule has 3 rings (SSSR count). The van der Waals surface area contributed by atoms with E-state index in [9.17, 15) is 9.59 Å². The van der Waals surface area contributed by atoms with Crippen molar-refractivity contribution in [1.82, 2.24) is 5.32 Å². The Morgan fingerprint density at radius 3 is 2.70 bits per heavy atom. The summed E-state index contributed by atoms with van der Waals surface area (Å²) < 4.78 is 10.6. The third-order valence-electron chi connectivity index (χ3n) is 4.09. The number of nitrogens with one attached hydrogen (secondary N) is 2. The van der Waals surface area contributed by atoms with Gasteiger partial charge in [-0.15, -0.1) is 12.4 Å². The first-order valence-corrected chi connectivity index (χ1v) is 7.24. The molecule has 124 valence electrons. The zero-order chi connectivity index (χ0) is 15.6. The van der Waals surface area contributed by atoms with Crippen molar-refractivity contribution < 1.29 is 13.9 Å². The summed E-state index contributed by atoms with van der Waals surface area (Å²) in [4.78, 5) is 23.7. The van der Waals surface area contributed by atoms with Crippen molar-refractivity contribution in [3.63, 3.8) is 0 Å². The highest BCUT2D eigenvalue weighted by Gasteiger charge is 2.39. The Labute approximate surface area is 139 Å². The molecule has 1 aliphatic heterocycles. The zero-order valence-corrected chi connectivity index (χ0v) is 13.6. The third-order valence-corrected chi connectivity index (χ3v) is 4.09. The topological polar surface area (TPSA) is 80.6 Å². The number of rotatable bonds is 3. The van der Waals surface area contributed by atoms with Gasteiger partial charge in [0.15, 0.2) is 0 Å². The van der Waals surface area contributed by atoms with Gasteiger partial charge in [-0.3, -0.25) is 4.79 Å². The van der Waals surface area contributed by atoms with Crippen molar-refractivity contribution in [3.05, 3.63) is 40.8 Å². The second-order valence-corrected chi connectivity index (χ2v) is 5.41. The van der Waals surface area contributed by atoms with Gasteiger partial charge in [0.05, 0.1) is 0 Å². The Balaban J connectivity index is 0.00000192. The first-order valence-electron chi connectivity index (χ1n) is 7.24. The van der Waals surface area contributed by atoms with Crippen molar-refractivity contribution in [2.75, 3.05) is 25.5 Å². The molecule has 1 aromatic heterocycles. The van der Waals surface area contributed by atoms with Crippen LogP contribution in [0.4, 0.5) is 5.69 Å². The molecule has 23 heavy (non-hydrogen) atoms. The first kappa shape index (κ1) is 17.5. The molecular weight excluding hydrogens is 320 g/mol. The number of piperidine rings is 1. The van der Waals surface area contributed by atoms with E-state index in [0.717, 1.165) is 18.5 Å². The van der Waals surface area contributed by atoms with Gasteiger partial charge < -0.3 is 19.8 Å². The number of hydrogen-bond acceptors (Lipinski definition) is 5. The van der Waals surface area contributed by atoms with Crippen molar-refractivity contribution in [2.24, 2.45) is 0 Å². The maximum absolute atomic E-state index is 12.6. The largest absolute Gasteiger partial charge is 0.423 e. The van der Waals surface area contributed by atoms with Crippen molar-refractivity contribution in [1.29, 1.82) is 0 Å². The summed E-state index contributed by atoms with van der Waals surface area (Å²) in [5, 5.41) is 6.88. The maximum atomic E-state index is 12.6. The van der Waals surface area contributed by atoms with E-state index in [-0.39, 0.29) is 18.3 Å². The molecular formula is C16H19ClN2O4. The summed E-state index contributed by atoms with van der Waals surface area (Å²) in [6.45, 7) is 1.51. The first-order chi connectivity index (χ1) is 10.6. The van der Waals surface area contributed by atoms with Crippen molar-refractivity contribution >= 4 is 35.0 Å². The van der Waals surface area contributed by atoms with Gasteiger partial charge in [-0.25, -0.2) is 4.79 Å². The Morgan fingerprint density at radius 2 is 2.00 bits per heavy atom. The molecule has 6 nitrogen and oxygen atoms in total. The lowest BCUT2D eigenvalue weighted by molar-refractivity contribution is -0.140. The van der Waals surface area contributed by atoms with E-state index in [2.05, 4.69) is 10.6 Å². The lowest BCUT2D eigenvalue weighted by Gasteiger charge is -2.34. The van der Waals surface area contributed by atoms with Gasteiger partial charge in [-0.1, -0.05) is 0 Å². The average Bonchev–Trinajstić information content (AvgIpc) is 2.55. The fraction of sp³-hybridized carbons (Fsp3) is 0.375. The number of amides is 1. The minimum Gasteiger partial charge on any atom is -0.423 e. The second-order valence-electron chi connectivity index (χ2n) is 5.41. The Bertz CT molecular complexity index is 753. The molecule has 1 saturated heterocycles. The van der Waals surface area contributed by atoms with Gasteiger partial charge >= 0.3 is 5.63 Å². The summed E-state index contributed by atoms with van der Waals surface area (Å²) in [5.41, 5.74) is -0.0313. The molecule has 2 heterocycles. The summed E-state index contributed by atoms with van der Waals surface area (Å²) in [7, 11) is 1.57. The van der Waals surface area contributed by atoms with Crippen LogP contribution in [0.25, 0.3) is 11.0 Å². The number of carbonyl (C=O) groups excluding carboxylic acids is 1. The monoisotopic (exact) mass is 338 g/mol. The van der Waals surface area contributed by atoms with E-state index >= 15 is 0 Å². The van der Waals surface area contributed by atoms with Crippen LogP contribution in [0.1, 0.15) is 12.8 Å². The van der Waals surface area contributed by atoms with Crippen LogP contribution < -0.4 is 16.3 Å². The highest BCUT2D eigenvalue weighted by Crippen LogP contribution is 2.25. The van der Waals surface area contributed by atoms with E-state index in [4.69, 9.17) is 9.15 Å². The number of methoxy groups -OCH3 is 1. The summed E-state index contributed by atoms with van der Waals surface area (Å²) in [6, 6.07) is 8.20. The van der Waals surface area contributed by atoms with Crippen molar-refractivity contribution in [3.8, 4) is 0 Å². The van der Waals surface area contributed by atoms with E-state index in [1.54, 1.807) is 31.4 Å². The van der Waals surface area contributed by atoms with Gasteiger partial charge in [0.1, 0.15) is 11.2 Å². The zero-order valence-electron chi connectivity index (χ0n) is 12.8. The van der Waals surface area contributed by atoms with Gasteiger partial charge in [-0.2, -0.15) is 0 Å². The summed E-state index contributed by atoms with van der Waals surface area (Å²) in [6.07, 6.45) is 1.27. The Kier molecular flexibility index (Phi) is 5.41. The molecule has 0 aliphatic carbocycles. The molecule has 1 amide bonds. The molecule has 0 saturated carbocycles. The fourth-order valence-electron chi connectivity index (χ4n) is 2.75. The average molecular weight is 339 g/mol. The van der Waals surface area contributed by atoms with Crippen LogP contribution in [0.5, 0.6) is 0 Å². The van der Waals surface area contributed by atoms with Gasteiger partial charge in [0.2, 0.25) is 0 Å². The molecule has 1 fully saturated rings. The van der Waals surface area contributed by atoms with Crippen LogP contribution in [0, 0.1) is 0 Å². The molecule has 1 aromatic carbocycles. The summed E-state index contributed by atoms with van der Waals surface area (Å²) >= 11 is 0. The minimum absolute atomic E-state index is 0. The molecule has 7 heteroatoms. The second kappa shape index (κ2) is 7.12. The minimum atomic E-state index is -0.788. The number of benzene rings is 1. The Hall–Kier alpha value is -1.89. The fourth-order valence-corrected chi connectivity index (χ4v) is 2.75. The predicted molar refractivity (Wildman–Crippen MR) is 90.2 cm³/mol. The molecule has 1 aliphatic rings. The molecule has 0 spiro atoms. The number of hydrogen-bond donors (Lipinski definition) is 2. The van der Waals surface area contributed by atoms with Crippen LogP contribution in [-0.4, -0.2) is 31.7 Å². The van der Waals surface area contributed by atoms with Gasteiger partial charge in [0.25, 0.3) is 5.91 Å². The lowest BCUT2D eigenvalue weighted by atomic mass is 9.91. The predicted octanol–water partition coefficient (Wildman–Crippen LogP) is 1.92. The SMILES string of the molecule is COC1(C(=O)Nc2ccc3oc(=O)ccc3c2)CCNCC1.Cl. The molecule has 2 N–H and O–H groups in total. The molecule has 0 radical (unpaired) electrons. The smallest absolute Gasteiger partial charge is 0.336 e. The number of anilines is 1. The standard InChI is InChI=1S/C16H18N2O4.ClH/c1-21-16(6-8-17-9-7-16)15(20)18-12-3-4-13-11(10-12)2-5-14(19)22-13;/h2-5,10,17H,6-9H2,1H3,(H,18,20);1H. The number of ether oxygens (including phenoxy) is 1. The van der Waals surface area contributed by atoms with E-state index in [1.807, 2.05) is 0 Å². The quantitative estimate of drug-likeness (QED) is 0.836. The van der Waals surface area contributed by atoms with Gasteiger partial charge in [-0.05, 0) is 50.2 Å². The molecule has 0 atom stereocenters. The van der Waals surface area contributed by atoms with Crippen LogP contribution in [0.15, 0.2) is 39.5 Å². The number of carbonyl (C=O) groups is 1. The Morgan fingerprint density at radius 1 is 1.26 bits per heavy atom. The normalized spacial score (nSPS) is 16.6. The van der Waals surface area contributed by atoms with Gasteiger partial charge in [0, 0.05) is 24.2 Å². The van der Waals surface area contributed by atoms with E-state index in [1.165, 1.54) is 6.07 Å². The molecule has 2 aromatic rings. The number of fused-ring (bicyclic) bond motifs is 1.